The van der Waals surface area contributed by atoms with Crippen LogP contribution in [-0.2, 0) is 9.53 Å². The van der Waals surface area contributed by atoms with Gasteiger partial charge in [0.2, 0.25) is 0 Å². The number of methoxy groups -OCH3 is 1. The van der Waals surface area contributed by atoms with Crippen molar-refractivity contribution in [2.24, 2.45) is 46.3 Å². The van der Waals surface area contributed by atoms with Crippen LogP contribution in [0.1, 0.15) is 72.1 Å². The first-order valence-electron chi connectivity index (χ1n) is 11.3. The first kappa shape index (κ1) is 19.3. The SMILES string of the molecule is COC(=O)CC[C@@H](C)[C@H]1CC[C@@H]2[C@H]3CC[C@H]4C=CCC[C@]4(C)[C@@H]3C=C[C@@]21C. The Morgan fingerprint density at radius 1 is 1.19 bits per heavy atom. The van der Waals surface area contributed by atoms with Crippen LogP contribution < -0.4 is 0 Å². The van der Waals surface area contributed by atoms with Gasteiger partial charge in [-0.15, -0.1) is 0 Å². The first-order valence-corrected chi connectivity index (χ1v) is 11.3. The number of fused-ring (bicyclic) bond motifs is 5. The number of hydrogen-bond acceptors (Lipinski definition) is 2. The van der Waals surface area contributed by atoms with Gasteiger partial charge < -0.3 is 4.74 Å². The second-order valence-electron chi connectivity index (χ2n) is 10.5. The van der Waals surface area contributed by atoms with E-state index in [1.807, 2.05) is 0 Å². The Morgan fingerprint density at radius 2 is 2.00 bits per heavy atom. The Kier molecular flexibility index (Phi) is 5.06. The predicted molar refractivity (Wildman–Crippen MR) is 110 cm³/mol. The number of ether oxygens (including phenoxy) is 1. The van der Waals surface area contributed by atoms with E-state index in [9.17, 15) is 4.79 Å². The summed E-state index contributed by atoms with van der Waals surface area (Å²) in [5.41, 5.74) is 0.800. The lowest BCUT2D eigenvalue weighted by Gasteiger charge is -2.57. The average molecular weight is 371 g/mol. The highest BCUT2D eigenvalue weighted by Gasteiger charge is 2.57. The maximum absolute atomic E-state index is 11.6. The van der Waals surface area contributed by atoms with Gasteiger partial charge in [0.25, 0.3) is 0 Å². The van der Waals surface area contributed by atoms with Gasteiger partial charge >= 0.3 is 5.97 Å². The number of carbonyl (C=O) groups is 1. The quantitative estimate of drug-likeness (QED) is 0.436. The molecule has 150 valence electrons. The molecule has 4 rings (SSSR count). The molecule has 8 atom stereocenters. The Morgan fingerprint density at radius 3 is 2.78 bits per heavy atom. The monoisotopic (exact) mass is 370 g/mol. The summed E-state index contributed by atoms with van der Waals surface area (Å²) >= 11 is 0. The predicted octanol–water partition coefficient (Wildman–Crippen LogP) is 6.18. The maximum atomic E-state index is 11.6. The number of esters is 1. The molecule has 0 bridgehead atoms. The Balaban J connectivity index is 1.55. The maximum Gasteiger partial charge on any atom is 0.305 e. The summed E-state index contributed by atoms with van der Waals surface area (Å²) in [7, 11) is 1.50. The average Bonchev–Trinajstić information content (AvgIpc) is 3.02. The molecule has 0 amide bonds. The third-order valence-corrected chi connectivity index (χ3v) is 9.38. The number of rotatable bonds is 4. The summed E-state index contributed by atoms with van der Waals surface area (Å²) in [6.07, 6.45) is 19.9. The van der Waals surface area contributed by atoms with Gasteiger partial charge in [0.15, 0.2) is 0 Å². The van der Waals surface area contributed by atoms with Crippen LogP contribution in [0.3, 0.4) is 0 Å². The molecule has 0 saturated heterocycles. The fraction of sp³-hybridized carbons (Fsp3) is 0.800. The number of carbonyl (C=O) groups excluding carboxylic acids is 1. The summed E-state index contributed by atoms with van der Waals surface area (Å²) in [6, 6.07) is 0. The van der Waals surface area contributed by atoms with Crippen LogP contribution in [-0.4, -0.2) is 13.1 Å². The number of hydrogen-bond donors (Lipinski definition) is 0. The Bertz CT molecular complexity index is 634. The van der Waals surface area contributed by atoms with Gasteiger partial charge in [-0.25, -0.2) is 0 Å². The van der Waals surface area contributed by atoms with Crippen molar-refractivity contribution in [3.05, 3.63) is 24.3 Å². The van der Waals surface area contributed by atoms with E-state index >= 15 is 0 Å². The van der Waals surface area contributed by atoms with Gasteiger partial charge in [-0.05, 0) is 91.3 Å². The molecular weight excluding hydrogens is 332 g/mol. The standard InChI is InChI=1S/C25H38O2/c1-17(8-13-23(26)27-4)20-11-12-21-19-10-9-18-7-5-6-15-24(18,2)22(19)14-16-25(20,21)3/h5,7,14,16-22H,6,8-13,15H2,1-4H3/t17-,18-,19-,20-,21-,22-,24+,25-/m1/s1. The van der Waals surface area contributed by atoms with E-state index in [1.165, 1.54) is 45.6 Å². The fourth-order valence-corrected chi connectivity index (χ4v) is 7.79. The van der Waals surface area contributed by atoms with Crippen molar-refractivity contribution in [3.63, 3.8) is 0 Å². The topological polar surface area (TPSA) is 26.3 Å². The molecule has 2 fully saturated rings. The minimum atomic E-state index is -0.0580. The van der Waals surface area contributed by atoms with E-state index in [1.54, 1.807) is 0 Å². The zero-order chi connectivity index (χ0) is 19.2. The van der Waals surface area contributed by atoms with Crippen molar-refractivity contribution in [2.45, 2.75) is 72.1 Å². The van der Waals surface area contributed by atoms with Gasteiger partial charge in [-0.2, -0.15) is 0 Å². The van der Waals surface area contributed by atoms with Crippen molar-refractivity contribution in [1.29, 1.82) is 0 Å². The zero-order valence-corrected chi connectivity index (χ0v) is 17.7. The Labute approximate surface area is 165 Å². The first-order chi connectivity index (χ1) is 12.9. The molecule has 0 aromatic rings. The van der Waals surface area contributed by atoms with Gasteiger partial charge in [0.05, 0.1) is 7.11 Å². The van der Waals surface area contributed by atoms with Crippen molar-refractivity contribution in [3.8, 4) is 0 Å². The van der Waals surface area contributed by atoms with Crippen LogP contribution in [0, 0.1) is 46.3 Å². The highest BCUT2D eigenvalue weighted by molar-refractivity contribution is 5.69. The van der Waals surface area contributed by atoms with E-state index in [4.69, 9.17) is 4.74 Å². The summed E-state index contributed by atoms with van der Waals surface area (Å²) in [6.45, 7) is 7.48. The molecule has 0 spiro atoms. The third-order valence-electron chi connectivity index (χ3n) is 9.38. The fourth-order valence-electron chi connectivity index (χ4n) is 7.79. The molecule has 27 heavy (non-hydrogen) atoms. The van der Waals surface area contributed by atoms with Crippen LogP contribution in [0.5, 0.6) is 0 Å². The van der Waals surface area contributed by atoms with Crippen LogP contribution in [0.15, 0.2) is 24.3 Å². The van der Waals surface area contributed by atoms with E-state index in [0.717, 1.165) is 30.1 Å². The van der Waals surface area contributed by atoms with Crippen LogP contribution in [0.4, 0.5) is 0 Å². The second kappa shape index (κ2) is 7.08. The van der Waals surface area contributed by atoms with E-state index in [2.05, 4.69) is 45.1 Å². The smallest absolute Gasteiger partial charge is 0.305 e. The van der Waals surface area contributed by atoms with Crippen LogP contribution in [0.25, 0.3) is 0 Å². The minimum absolute atomic E-state index is 0.0580. The van der Waals surface area contributed by atoms with Gasteiger partial charge in [-0.3, -0.25) is 4.79 Å². The largest absolute Gasteiger partial charge is 0.469 e. The van der Waals surface area contributed by atoms with Crippen molar-refractivity contribution >= 4 is 5.97 Å². The lowest BCUT2D eigenvalue weighted by atomic mass is 9.47. The van der Waals surface area contributed by atoms with Crippen molar-refractivity contribution in [2.75, 3.05) is 7.11 Å². The molecule has 2 heteroatoms. The lowest BCUT2D eigenvalue weighted by molar-refractivity contribution is -0.141. The van der Waals surface area contributed by atoms with Gasteiger partial charge in [0, 0.05) is 6.42 Å². The second-order valence-corrected chi connectivity index (χ2v) is 10.5. The summed E-state index contributed by atoms with van der Waals surface area (Å²) in [5, 5.41) is 0. The van der Waals surface area contributed by atoms with E-state index in [0.29, 0.717) is 29.1 Å². The van der Waals surface area contributed by atoms with Crippen molar-refractivity contribution in [1.82, 2.24) is 0 Å². The highest BCUT2D eigenvalue weighted by atomic mass is 16.5. The van der Waals surface area contributed by atoms with Crippen molar-refractivity contribution < 1.29 is 9.53 Å². The molecule has 0 aromatic carbocycles. The zero-order valence-electron chi connectivity index (χ0n) is 17.7. The third kappa shape index (κ3) is 3.02. The summed E-state index contributed by atoms with van der Waals surface area (Å²) in [5.74, 6) is 4.50. The highest BCUT2D eigenvalue weighted by Crippen LogP contribution is 2.65. The summed E-state index contributed by atoms with van der Waals surface area (Å²) in [4.78, 5) is 11.6. The van der Waals surface area contributed by atoms with Crippen LogP contribution >= 0.6 is 0 Å². The normalized spacial score (nSPS) is 46.3. The van der Waals surface area contributed by atoms with E-state index < -0.39 is 0 Å². The molecule has 4 aliphatic rings. The molecule has 0 aliphatic heterocycles. The van der Waals surface area contributed by atoms with Gasteiger partial charge in [-0.1, -0.05) is 45.1 Å². The lowest BCUT2D eigenvalue weighted by Crippen LogP contribution is -2.50. The molecule has 0 heterocycles. The van der Waals surface area contributed by atoms with Crippen LogP contribution in [0.2, 0.25) is 0 Å². The molecule has 2 saturated carbocycles. The molecule has 0 N–H and O–H groups in total. The molecule has 0 unspecified atom stereocenters. The Hall–Kier alpha value is -1.05. The minimum Gasteiger partial charge on any atom is -0.469 e. The molecule has 2 nitrogen and oxygen atoms in total. The molecule has 4 aliphatic carbocycles. The molecule has 0 aromatic heterocycles. The number of allylic oxidation sites excluding steroid dienone is 4. The summed E-state index contributed by atoms with van der Waals surface area (Å²) < 4.78 is 4.87. The molecular formula is C25H38O2. The van der Waals surface area contributed by atoms with E-state index in [-0.39, 0.29) is 5.97 Å². The molecule has 0 radical (unpaired) electrons. The van der Waals surface area contributed by atoms with Gasteiger partial charge in [0.1, 0.15) is 0 Å².